The van der Waals surface area contributed by atoms with E-state index >= 15 is 0 Å². The molecule has 0 unspecified atom stereocenters. The van der Waals surface area contributed by atoms with Gasteiger partial charge in [-0.25, -0.2) is 0 Å². The minimum absolute atomic E-state index is 0.0573. The fourth-order valence-electron chi connectivity index (χ4n) is 1.98. The van der Waals surface area contributed by atoms with E-state index < -0.39 is 5.60 Å². The first kappa shape index (κ1) is 10.7. The van der Waals surface area contributed by atoms with Crippen molar-refractivity contribution in [2.24, 2.45) is 5.92 Å². The van der Waals surface area contributed by atoms with Crippen molar-refractivity contribution >= 4 is 5.78 Å². The fraction of sp³-hybridized carbons (Fsp3) is 0.909. The molecule has 0 aromatic heterocycles. The van der Waals surface area contributed by atoms with E-state index in [0.717, 1.165) is 19.3 Å². The molecule has 0 saturated heterocycles. The zero-order valence-electron chi connectivity index (χ0n) is 8.68. The van der Waals surface area contributed by atoms with Crippen molar-refractivity contribution < 1.29 is 9.90 Å². The minimum Gasteiger partial charge on any atom is -0.382 e. The molecule has 1 rings (SSSR count). The largest absolute Gasteiger partial charge is 0.382 e. The molecule has 2 heteroatoms. The monoisotopic (exact) mass is 184 g/mol. The summed E-state index contributed by atoms with van der Waals surface area (Å²) >= 11 is 0. The summed E-state index contributed by atoms with van der Waals surface area (Å²) in [7, 11) is 0. The highest BCUT2D eigenvalue weighted by atomic mass is 16.3. The molecule has 0 spiro atoms. The maximum absolute atomic E-state index is 11.6. The number of hydrogen-bond acceptors (Lipinski definition) is 2. The molecule has 0 atom stereocenters. The van der Waals surface area contributed by atoms with Crippen LogP contribution < -0.4 is 0 Å². The average Bonchev–Trinajstić information content (AvgIpc) is 2.11. The topological polar surface area (TPSA) is 37.3 Å². The molecule has 1 N–H and O–H groups in total. The summed E-state index contributed by atoms with van der Waals surface area (Å²) in [5, 5.41) is 10.0. The van der Waals surface area contributed by atoms with Gasteiger partial charge in [0.05, 0.1) is 0 Å². The highest BCUT2D eigenvalue weighted by molar-refractivity contribution is 5.87. The van der Waals surface area contributed by atoms with Crippen molar-refractivity contribution in [3.05, 3.63) is 0 Å². The van der Waals surface area contributed by atoms with Gasteiger partial charge in [0.15, 0.2) is 5.78 Å². The Labute approximate surface area is 80.3 Å². The van der Waals surface area contributed by atoms with Gasteiger partial charge in [-0.3, -0.25) is 4.79 Å². The Morgan fingerprint density at radius 3 is 2.46 bits per heavy atom. The second-order valence-electron chi connectivity index (χ2n) is 4.39. The van der Waals surface area contributed by atoms with Gasteiger partial charge in [0.25, 0.3) is 0 Å². The number of ketones is 1. The van der Waals surface area contributed by atoms with Crippen LogP contribution in [0.3, 0.4) is 0 Å². The zero-order chi connectivity index (χ0) is 9.90. The molecular weight excluding hydrogens is 164 g/mol. The van der Waals surface area contributed by atoms with Crippen LogP contribution in [0, 0.1) is 5.92 Å². The van der Waals surface area contributed by atoms with Crippen molar-refractivity contribution in [2.75, 3.05) is 0 Å². The molecule has 0 bridgehead atoms. The van der Waals surface area contributed by atoms with Gasteiger partial charge in [0.1, 0.15) is 5.60 Å². The summed E-state index contributed by atoms with van der Waals surface area (Å²) in [5.41, 5.74) is -0.970. The van der Waals surface area contributed by atoms with Crippen LogP contribution in [0.1, 0.15) is 52.4 Å². The summed E-state index contributed by atoms with van der Waals surface area (Å²) in [5.74, 6) is 0.733. The van der Waals surface area contributed by atoms with Crippen LogP contribution in [0.2, 0.25) is 0 Å². The van der Waals surface area contributed by atoms with Gasteiger partial charge >= 0.3 is 0 Å². The Bertz CT molecular complexity index is 179. The molecule has 1 saturated carbocycles. The van der Waals surface area contributed by atoms with E-state index in [0.29, 0.717) is 25.2 Å². The van der Waals surface area contributed by atoms with Crippen molar-refractivity contribution in [2.45, 2.75) is 58.0 Å². The van der Waals surface area contributed by atoms with Gasteiger partial charge in [-0.05, 0) is 38.0 Å². The van der Waals surface area contributed by atoms with Gasteiger partial charge in [0.2, 0.25) is 0 Å². The van der Waals surface area contributed by atoms with Gasteiger partial charge in [-0.15, -0.1) is 0 Å². The van der Waals surface area contributed by atoms with Gasteiger partial charge in [-0.1, -0.05) is 13.8 Å². The number of Topliss-reactive ketones (excluding diaryl/α,β-unsaturated/α-hetero) is 1. The van der Waals surface area contributed by atoms with Gasteiger partial charge in [-0.2, -0.15) is 0 Å². The number of aliphatic hydroxyl groups is 1. The molecule has 0 aromatic carbocycles. The smallest absolute Gasteiger partial charge is 0.164 e. The number of hydrogen-bond donors (Lipinski definition) is 1. The Morgan fingerprint density at radius 1 is 1.46 bits per heavy atom. The number of carbonyl (C=O) groups excluding carboxylic acids is 1. The molecular formula is C11H20O2. The van der Waals surface area contributed by atoms with Crippen LogP contribution in [0.5, 0.6) is 0 Å². The van der Waals surface area contributed by atoms with Crippen molar-refractivity contribution in [3.8, 4) is 0 Å². The predicted molar refractivity (Wildman–Crippen MR) is 52.5 cm³/mol. The van der Waals surface area contributed by atoms with Gasteiger partial charge < -0.3 is 5.11 Å². The first-order chi connectivity index (χ1) is 6.08. The second kappa shape index (κ2) is 4.23. The lowest BCUT2D eigenvalue weighted by Crippen LogP contribution is -2.41. The number of carbonyl (C=O) groups is 1. The Balaban J connectivity index is 2.51. The maximum Gasteiger partial charge on any atom is 0.164 e. The van der Waals surface area contributed by atoms with Crippen molar-refractivity contribution in [1.82, 2.24) is 0 Å². The van der Waals surface area contributed by atoms with Crippen molar-refractivity contribution in [3.63, 3.8) is 0 Å². The molecule has 0 aliphatic heterocycles. The summed E-state index contributed by atoms with van der Waals surface area (Å²) in [6.45, 7) is 4.16. The Morgan fingerprint density at radius 2 is 2.00 bits per heavy atom. The van der Waals surface area contributed by atoms with Crippen LogP contribution in [0.15, 0.2) is 0 Å². The Kier molecular flexibility index (Phi) is 3.48. The Hall–Kier alpha value is -0.370. The quantitative estimate of drug-likeness (QED) is 0.730. The van der Waals surface area contributed by atoms with E-state index in [1.54, 1.807) is 0 Å². The van der Waals surface area contributed by atoms with Crippen LogP contribution in [0.4, 0.5) is 0 Å². The lowest BCUT2D eigenvalue weighted by Gasteiger charge is -2.33. The minimum atomic E-state index is -0.970. The predicted octanol–water partition coefficient (Wildman–Crippen LogP) is 2.30. The third-order valence-electron chi connectivity index (χ3n) is 3.10. The number of rotatable bonds is 3. The SMILES string of the molecule is CCCC(=O)C1(O)CCC(C)CC1. The van der Waals surface area contributed by atoms with Crippen LogP contribution in [-0.4, -0.2) is 16.5 Å². The van der Waals surface area contributed by atoms with Gasteiger partial charge in [0, 0.05) is 6.42 Å². The zero-order valence-corrected chi connectivity index (χ0v) is 8.68. The van der Waals surface area contributed by atoms with E-state index in [2.05, 4.69) is 6.92 Å². The summed E-state index contributed by atoms with van der Waals surface area (Å²) < 4.78 is 0. The van der Waals surface area contributed by atoms with E-state index in [1.165, 1.54) is 0 Å². The second-order valence-corrected chi connectivity index (χ2v) is 4.39. The molecule has 0 aromatic rings. The van der Waals surface area contributed by atoms with Crippen LogP contribution in [-0.2, 0) is 4.79 Å². The normalized spacial score (nSPS) is 34.5. The average molecular weight is 184 g/mol. The van der Waals surface area contributed by atoms with Crippen LogP contribution in [0.25, 0.3) is 0 Å². The molecule has 1 fully saturated rings. The third kappa shape index (κ3) is 2.53. The molecule has 2 nitrogen and oxygen atoms in total. The van der Waals surface area contributed by atoms with E-state index in [4.69, 9.17) is 0 Å². The summed E-state index contributed by atoms with van der Waals surface area (Å²) in [4.78, 5) is 11.6. The van der Waals surface area contributed by atoms with Crippen LogP contribution >= 0.6 is 0 Å². The molecule has 76 valence electrons. The first-order valence-electron chi connectivity index (χ1n) is 5.34. The van der Waals surface area contributed by atoms with E-state index in [-0.39, 0.29) is 5.78 Å². The molecule has 1 aliphatic rings. The summed E-state index contributed by atoms with van der Waals surface area (Å²) in [6, 6.07) is 0. The third-order valence-corrected chi connectivity index (χ3v) is 3.10. The molecule has 1 aliphatic carbocycles. The van der Waals surface area contributed by atoms with E-state index in [9.17, 15) is 9.90 Å². The highest BCUT2D eigenvalue weighted by Crippen LogP contribution is 2.33. The summed E-state index contributed by atoms with van der Waals surface area (Å²) in [6.07, 6.45) is 4.71. The molecule has 0 radical (unpaired) electrons. The fourth-order valence-corrected chi connectivity index (χ4v) is 1.98. The standard InChI is InChI=1S/C11H20O2/c1-3-4-10(12)11(13)7-5-9(2)6-8-11/h9,13H,3-8H2,1-2H3. The lowest BCUT2D eigenvalue weighted by molar-refractivity contribution is -0.141. The van der Waals surface area contributed by atoms with Crippen molar-refractivity contribution in [1.29, 1.82) is 0 Å². The molecule has 13 heavy (non-hydrogen) atoms. The first-order valence-corrected chi connectivity index (χ1v) is 5.34. The molecule has 0 heterocycles. The highest BCUT2D eigenvalue weighted by Gasteiger charge is 2.37. The van der Waals surface area contributed by atoms with E-state index in [1.807, 2.05) is 6.92 Å². The maximum atomic E-state index is 11.6. The lowest BCUT2D eigenvalue weighted by atomic mass is 9.76. The molecule has 0 amide bonds.